The van der Waals surface area contributed by atoms with Gasteiger partial charge in [-0.05, 0) is 43.7 Å². The Kier molecular flexibility index (Phi) is 3.42. The molecular weight excluding hydrogens is 243 g/mol. The SMILES string of the molecule is Cc1cccc(C)c1B1C=CC=CN1c1ccccn1. The van der Waals surface area contributed by atoms with E-state index in [-0.39, 0.29) is 6.85 Å². The van der Waals surface area contributed by atoms with Crippen LogP contribution in [-0.4, -0.2) is 11.8 Å². The summed E-state index contributed by atoms with van der Waals surface area (Å²) in [6.07, 6.45) is 8.09. The van der Waals surface area contributed by atoms with Crippen LogP contribution in [0.5, 0.6) is 0 Å². The average molecular weight is 260 g/mol. The molecule has 0 radical (unpaired) electrons. The van der Waals surface area contributed by atoms with E-state index in [4.69, 9.17) is 0 Å². The van der Waals surface area contributed by atoms with Gasteiger partial charge in [-0.1, -0.05) is 47.4 Å². The molecule has 0 bridgehead atoms. The molecule has 1 aliphatic heterocycles. The van der Waals surface area contributed by atoms with Crippen LogP contribution in [0.25, 0.3) is 0 Å². The van der Waals surface area contributed by atoms with Crippen LogP contribution >= 0.6 is 0 Å². The number of hydrogen-bond acceptors (Lipinski definition) is 2. The van der Waals surface area contributed by atoms with Crippen LogP contribution in [-0.2, 0) is 0 Å². The summed E-state index contributed by atoms with van der Waals surface area (Å²) in [5.74, 6) is 3.20. The van der Waals surface area contributed by atoms with Crippen molar-refractivity contribution < 1.29 is 0 Å². The highest BCUT2D eigenvalue weighted by atomic mass is 15.1. The second-order valence-corrected chi connectivity index (χ2v) is 5.07. The fraction of sp³-hybridized carbons (Fsp3) is 0.118. The third-order valence-corrected chi connectivity index (χ3v) is 3.70. The molecule has 0 amide bonds. The minimum atomic E-state index is 0.205. The van der Waals surface area contributed by atoms with Gasteiger partial charge in [-0.25, -0.2) is 4.98 Å². The van der Waals surface area contributed by atoms with Crippen molar-refractivity contribution in [2.45, 2.75) is 13.8 Å². The first-order chi connectivity index (χ1) is 9.77. The van der Waals surface area contributed by atoms with E-state index in [1.165, 1.54) is 16.6 Å². The van der Waals surface area contributed by atoms with Crippen LogP contribution in [0.2, 0.25) is 0 Å². The van der Waals surface area contributed by atoms with Crippen molar-refractivity contribution in [3.8, 4) is 0 Å². The second kappa shape index (κ2) is 5.37. The number of pyridine rings is 1. The Labute approximate surface area is 120 Å². The van der Waals surface area contributed by atoms with Crippen molar-refractivity contribution in [2.24, 2.45) is 0 Å². The first-order valence-electron chi connectivity index (χ1n) is 6.88. The zero-order chi connectivity index (χ0) is 13.9. The summed E-state index contributed by atoms with van der Waals surface area (Å²) in [6.45, 7) is 4.55. The van der Waals surface area contributed by atoms with Gasteiger partial charge in [-0.3, -0.25) is 0 Å². The number of allylic oxidation sites excluding steroid dienone is 2. The molecule has 2 nitrogen and oxygen atoms in total. The molecule has 1 aliphatic rings. The zero-order valence-corrected chi connectivity index (χ0v) is 11.8. The number of hydrogen-bond donors (Lipinski definition) is 0. The molecule has 0 spiro atoms. The third kappa shape index (κ3) is 2.27. The van der Waals surface area contributed by atoms with Gasteiger partial charge in [-0.15, -0.1) is 0 Å². The quantitative estimate of drug-likeness (QED) is 0.771. The van der Waals surface area contributed by atoms with E-state index < -0.39 is 0 Å². The van der Waals surface area contributed by atoms with Crippen molar-refractivity contribution in [3.63, 3.8) is 0 Å². The van der Waals surface area contributed by atoms with Gasteiger partial charge in [0.2, 0.25) is 0 Å². The molecule has 2 aromatic rings. The Morgan fingerprint density at radius 3 is 2.45 bits per heavy atom. The predicted molar refractivity (Wildman–Crippen MR) is 86.3 cm³/mol. The van der Waals surface area contributed by atoms with E-state index >= 15 is 0 Å². The summed E-state index contributed by atoms with van der Waals surface area (Å²) in [6, 6.07) is 12.5. The lowest BCUT2D eigenvalue weighted by Crippen LogP contribution is -2.48. The second-order valence-electron chi connectivity index (χ2n) is 5.07. The molecule has 0 aliphatic carbocycles. The Hall–Kier alpha value is -2.29. The number of aromatic nitrogens is 1. The first kappa shape index (κ1) is 12.7. The molecule has 0 unspecified atom stereocenters. The molecular formula is C17H17BN2. The molecule has 0 fully saturated rings. The molecule has 0 saturated heterocycles. The van der Waals surface area contributed by atoms with Crippen molar-refractivity contribution in [1.82, 2.24) is 4.98 Å². The lowest BCUT2D eigenvalue weighted by atomic mass is 9.51. The smallest absolute Gasteiger partial charge is 0.322 e. The van der Waals surface area contributed by atoms with E-state index in [0.29, 0.717) is 0 Å². The summed E-state index contributed by atoms with van der Waals surface area (Å²) in [5, 5.41) is 0. The van der Waals surface area contributed by atoms with Crippen molar-refractivity contribution >= 4 is 18.1 Å². The number of nitrogens with zero attached hydrogens (tertiary/aromatic N) is 2. The number of benzene rings is 1. The van der Waals surface area contributed by atoms with Gasteiger partial charge in [0.1, 0.15) is 5.82 Å². The van der Waals surface area contributed by atoms with E-state index in [1.807, 2.05) is 24.4 Å². The van der Waals surface area contributed by atoms with Gasteiger partial charge in [-0.2, -0.15) is 0 Å². The van der Waals surface area contributed by atoms with Crippen LogP contribution in [0, 0.1) is 13.8 Å². The maximum Gasteiger partial charge on any atom is 0.322 e. The third-order valence-electron chi connectivity index (χ3n) is 3.70. The number of rotatable bonds is 2. The number of aryl methyl sites for hydroxylation is 2. The Balaban J connectivity index is 2.07. The molecule has 1 aromatic carbocycles. The molecule has 3 heteroatoms. The Bertz CT molecular complexity index is 642. The predicted octanol–water partition coefficient (Wildman–Crippen LogP) is 3.03. The van der Waals surface area contributed by atoms with Crippen molar-refractivity contribution in [3.05, 3.63) is 78.0 Å². The lowest BCUT2D eigenvalue weighted by Gasteiger charge is -2.29. The van der Waals surface area contributed by atoms with E-state index in [9.17, 15) is 0 Å². The summed E-state index contributed by atoms with van der Waals surface area (Å²) in [7, 11) is 0. The Morgan fingerprint density at radius 1 is 0.950 bits per heavy atom. The van der Waals surface area contributed by atoms with Gasteiger partial charge in [0.05, 0.1) is 0 Å². The average Bonchev–Trinajstić information content (AvgIpc) is 2.48. The normalized spacial score (nSPS) is 13.9. The highest BCUT2D eigenvalue weighted by molar-refractivity contribution is 6.82. The number of anilines is 1. The Morgan fingerprint density at radius 2 is 1.75 bits per heavy atom. The maximum atomic E-state index is 4.48. The fourth-order valence-corrected chi connectivity index (χ4v) is 2.75. The van der Waals surface area contributed by atoms with Gasteiger partial charge >= 0.3 is 6.85 Å². The topological polar surface area (TPSA) is 16.1 Å². The standard InChI is InChI=1S/C17H17BN2/c1-14-8-7-9-15(2)17(14)18-11-4-6-13-20(18)16-10-3-5-12-19-16/h3-13H,1-2H3. The zero-order valence-electron chi connectivity index (χ0n) is 11.8. The van der Waals surface area contributed by atoms with E-state index in [2.05, 4.69) is 66.2 Å². The van der Waals surface area contributed by atoms with Gasteiger partial charge in [0, 0.05) is 6.20 Å². The minimum Gasteiger partial charge on any atom is -0.368 e. The van der Waals surface area contributed by atoms with Crippen LogP contribution in [0.15, 0.2) is 66.9 Å². The summed E-state index contributed by atoms with van der Waals surface area (Å²) < 4.78 is 0. The summed E-state index contributed by atoms with van der Waals surface area (Å²) >= 11 is 0. The molecule has 20 heavy (non-hydrogen) atoms. The fourth-order valence-electron chi connectivity index (χ4n) is 2.75. The van der Waals surface area contributed by atoms with Gasteiger partial charge in [0.15, 0.2) is 0 Å². The van der Waals surface area contributed by atoms with E-state index in [1.54, 1.807) is 0 Å². The lowest BCUT2D eigenvalue weighted by molar-refractivity contribution is 1.22. The molecule has 0 saturated carbocycles. The molecule has 0 N–H and O–H groups in total. The summed E-state index contributed by atoms with van der Waals surface area (Å²) in [4.78, 5) is 6.70. The monoisotopic (exact) mass is 260 g/mol. The van der Waals surface area contributed by atoms with Gasteiger partial charge in [0.25, 0.3) is 0 Å². The highest BCUT2D eigenvalue weighted by Gasteiger charge is 2.26. The van der Waals surface area contributed by atoms with Crippen LogP contribution in [0.1, 0.15) is 11.1 Å². The van der Waals surface area contributed by atoms with Crippen LogP contribution in [0.3, 0.4) is 0 Å². The molecule has 0 atom stereocenters. The summed E-state index contributed by atoms with van der Waals surface area (Å²) in [5.41, 5.74) is 3.99. The van der Waals surface area contributed by atoms with Crippen molar-refractivity contribution in [2.75, 3.05) is 4.81 Å². The minimum absolute atomic E-state index is 0.205. The van der Waals surface area contributed by atoms with Crippen molar-refractivity contribution in [1.29, 1.82) is 0 Å². The van der Waals surface area contributed by atoms with Crippen LogP contribution in [0.4, 0.5) is 5.82 Å². The molecule has 98 valence electrons. The van der Waals surface area contributed by atoms with E-state index in [0.717, 1.165) is 5.82 Å². The largest absolute Gasteiger partial charge is 0.368 e. The molecule has 3 rings (SSSR count). The first-order valence-corrected chi connectivity index (χ1v) is 6.88. The van der Waals surface area contributed by atoms with Gasteiger partial charge < -0.3 is 4.81 Å². The highest BCUT2D eigenvalue weighted by Crippen LogP contribution is 2.17. The van der Waals surface area contributed by atoms with Crippen LogP contribution < -0.4 is 10.3 Å². The molecule has 2 heterocycles. The molecule has 1 aromatic heterocycles. The maximum absolute atomic E-state index is 4.48.